The second kappa shape index (κ2) is 6.05. The van der Waals surface area contributed by atoms with E-state index in [9.17, 15) is 10.1 Å². The summed E-state index contributed by atoms with van der Waals surface area (Å²) in [6.45, 7) is 0. The van der Waals surface area contributed by atoms with E-state index in [4.69, 9.17) is 0 Å². The third-order valence-electron chi connectivity index (χ3n) is 3.25. The normalized spacial score (nSPS) is 22.2. The number of nitro groups is 1. The molecule has 7 nitrogen and oxygen atoms in total. The van der Waals surface area contributed by atoms with Crippen molar-refractivity contribution in [2.45, 2.75) is 30.6 Å². The summed E-state index contributed by atoms with van der Waals surface area (Å²) in [4.78, 5) is 18.5. The van der Waals surface area contributed by atoms with Gasteiger partial charge in [-0.25, -0.2) is 4.98 Å². The van der Waals surface area contributed by atoms with Gasteiger partial charge in [-0.2, -0.15) is 16.7 Å². The van der Waals surface area contributed by atoms with Crippen LogP contribution in [0.2, 0.25) is 0 Å². The molecule has 2 N–H and O–H groups in total. The van der Waals surface area contributed by atoms with E-state index in [2.05, 4.69) is 26.9 Å². The van der Waals surface area contributed by atoms with Crippen LogP contribution in [0.25, 0.3) is 0 Å². The summed E-state index contributed by atoms with van der Waals surface area (Å²) in [7, 11) is 1.68. The van der Waals surface area contributed by atoms with Gasteiger partial charge in [-0.05, 0) is 25.5 Å². The van der Waals surface area contributed by atoms with Gasteiger partial charge < -0.3 is 10.6 Å². The van der Waals surface area contributed by atoms with E-state index in [1.165, 1.54) is 6.20 Å². The Morgan fingerprint density at radius 2 is 2.32 bits per heavy atom. The summed E-state index contributed by atoms with van der Waals surface area (Å²) in [6, 6.07) is 0.246. The third kappa shape index (κ3) is 3.25. The van der Waals surface area contributed by atoms with E-state index < -0.39 is 4.92 Å². The predicted molar refractivity (Wildman–Crippen MR) is 76.8 cm³/mol. The Balaban J connectivity index is 2.16. The summed E-state index contributed by atoms with van der Waals surface area (Å²) in [5, 5.41) is 17.6. The summed E-state index contributed by atoms with van der Waals surface area (Å²) >= 11 is 1.85. The summed E-state index contributed by atoms with van der Waals surface area (Å²) in [5.74, 6) is 0.684. The van der Waals surface area contributed by atoms with E-state index in [1.807, 2.05) is 11.8 Å². The average molecular weight is 283 g/mol. The molecule has 0 bridgehead atoms. The molecule has 8 heteroatoms. The smallest absolute Gasteiger partial charge is 0.329 e. The zero-order valence-corrected chi connectivity index (χ0v) is 11.7. The van der Waals surface area contributed by atoms with Gasteiger partial charge in [-0.3, -0.25) is 10.1 Å². The van der Waals surface area contributed by atoms with Gasteiger partial charge in [0.25, 0.3) is 0 Å². The van der Waals surface area contributed by atoms with Crippen molar-refractivity contribution in [3.63, 3.8) is 0 Å². The second-order valence-corrected chi connectivity index (χ2v) is 5.58. The average Bonchev–Trinajstić information content (AvgIpc) is 2.86. The van der Waals surface area contributed by atoms with Crippen LogP contribution in [-0.2, 0) is 0 Å². The first kappa shape index (κ1) is 13.9. The standard InChI is InChI=1S/C11H17N5O2S/c1-12-11-13-6-9(16(17)18)10(15-11)14-7-3-4-8(5-7)19-2/h6-8H,3-5H2,1-2H3,(H2,12,13,14,15). The van der Waals surface area contributed by atoms with E-state index in [0.29, 0.717) is 17.0 Å². The van der Waals surface area contributed by atoms with Crippen LogP contribution in [0.3, 0.4) is 0 Å². The van der Waals surface area contributed by atoms with Crippen LogP contribution in [0.1, 0.15) is 19.3 Å². The Kier molecular flexibility index (Phi) is 4.41. The van der Waals surface area contributed by atoms with Crippen LogP contribution in [-0.4, -0.2) is 39.5 Å². The molecule has 0 radical (unpaired) electrons. The number of hydrogen-bond acceptors (Lipinski definition) is 7. The Hall–Kier alpha value is -1.57. The molecule has 0 saturated heterocycles. The number of nitrogens with zero attached hydrogens (tertiary/aromatic N) is 3. The maximum Gasteiger partial charge on any atom is 0.329 e. The van der Waals surface area contributed by atoms with Crippen molar-refractivity contribution in [1.29, 1.82) is 0 Å². The van der Waals surface area contributed by atoms with Crippen molar-refractivity contribution in [3.05, 3.63) is 16.3 Å². The molecule has 1 aliphatic carbocycles. The molecule has 19 heavy (non-hydrogen) atoms. The van der Waals surface area contributed by atoms with Gasteiger partial charge in [0, 0.05) is 18.3 Å². The van der Waals surface area contributed by atoms with Gasteiger partial charge >= 0.3 is 5.69 Å². The highest BCUT2D eigenvalue weighted by Gasteiger charge is 2.27. The number of hydrogen-bond donors (Lipinski definition) is 2. The zero-order chi connectivity index (χ0) is 13.8. The molecule has 0 aliphatic heterocycles. The fourth-order valence-corrected chi connectivity index (χ4v) is 3.01. The molecular formula is C11H17N5O2S. The lowest BCUT2D eigenvalue weighted by Crippen LogP contribution is -2.18. The summed E-state index contributed by atoms with van der Waals surface area (Å²) < 4.78 is 0. The van der Waals surface area contributed by atoms with Crippen LogP contribution < -0.4 is 10.6 Å². The lowest BCUT2D eigenvalue weighted by atomic mass is 10.2. The molecule has 0 aromatic carbocycles. The maximum absolute atomic E-state index is 11.0. The molecule has 104 valence electrons. The summed E-state index contributed by atoms with van der Waals surface area (Å²) in [5.41, 5.74) is -0.0772. The van der Waals surface area contributed by atoms with Crippen molar-refractivity contribution in [3.8, 4) is 0 Å². The summed E-state index contributed by atoms with van der Waals surface area (Å²) in [6.07, 6.45) is 6.50. The van der Waals surface area contributed by atoms with Gasteiger partial charge in [0.05, 0.1) is 4.92 Å². The number of rotatable bonds is 5. The molecule has 1 aliphatic rings. The number of anilines is 2. The van der Waals surface area contributed by atoms with Crippen molar-refractivity contribution in [2.75, 3.05) is 23.9 Å². The van der Waals surface area contributed by atoms with Crippen molar-refractivity contribution >= 4 is 29.2 Å². The fraction of sp³-hybridized carbons (Fsp3) is 0.636. The zero-order valence-electron chi connectivity index (χ0n) is 10.9. The van der Waals surface area contributed by atoms with E-state index in [1.54, 1.807) is 7.05 Å². The van der Waals surface area contributed by atoms with Crippen LogP contribution in [0.15, 0.2) is 6.20 Å². The molecule has 1 fully saturated rings. The first-order valence-corrected chi connectivity index (χ1v) is 7.41. The largest absolute Gasteiger partial charge is 0.361 e. The van der Waals surface area contributed by atoms with Crippen LogP contribution in [0.5, 0.6) is 0 Å². The van der Waals surface area contributed by atoms with Crippen molar-refractivity contribution in [1.82, 2.24) is 9.97 Å². The lowest BCUT2D eigenvalue weighted by Gasteiger charge is -2.13. The van der Waals surface area contributed by atoms with E-state index >= 15 is 0 Å². The first-order valence-electron chi connectivity index (χ1n) is 6.12. The molecule has 1 aromatic rings. The predicted octanol–water partition coefficient (Wildman–Crippen LogP) is 2.12. The first-order chi connectivity index (χ1) is 9.13. The quantitative estimate of drug-likeness (QED) is 0.631. The van der Waals surface area contributed by atoms with Crippen LogP contribution >= 0.6 is 11.8 Å². The van der Waals surface area contributed by atoms with Gasteiger partial charge in [-0.15, -0.1) is 0 Å². The van der Waals surface area contributed by atoms with Gasteiger partial charge in [0.1, 0.15) is 6.20 Å². The van der Waals surface area contributed by atoms with E-state index in [-0.39, 0.29) is 11.7 Å². The molecule has 2 atom stereocenters. The number of aromatic nitrogens is 2. The molecule has 0 spiro atoms. The SMILES string of the molecule is CNc1ncc([N+](=O)[O-])c(NC2CCC(SC)C2)n1. The minimum atomic E-state index is -0.456. The maximum atomic E-state index is 11.0. The minimum Gasteiger partial charge on any atom is -0.361 e. The molecule has 2 unspecified atom stereocenters. The molecule has 1 aromatic heterocycles. The Labute approximate surface area is 115 Å². The van der Waals surface area contributed by atoms with Crippen LogP contribution in [0, 0.1) is 10.1 Å². The van der Waals surface area contributed by atoms with Crippen LogP contribution in [0.4, 0.5) is 17.5 Å². The highest BCUT2D eigenvalue weighted by atomic mass is 32.2. The number of nitrogens with one attached hydrogen (secondary N) is 2. The lowest BCUT2D eigenvalue weighted by molar-refractivity contribution is -0.384. The Morgan fingerprint density at radius 1 is 1.53 bits per heavy atom. The molecule has 1 saturated carbocycles. The topological polar surface area (TPSA) is 93.0 Å². The van der Waals surface area contributed by atoms with Crippen molar-refractivity contribution in [2.24, 2.45) is 0 Å². The van der Waals surface area contributed by atoms with Crippen molar-refractivity contribution < 1.29 is 4.92 Å². The fourth-order valence-electron chi connectivity index (χ4n) is 2.21. The van der Waals surface area contributed by atoms with E-state index in [0.717, 1.165) is 19.3 Å². The molecule has 2 rings (SSSR count). The highest BCUT2D eigenvalue weighted by Crippen LogP contribution is 2.32. The Morgan fingerprint density at radius 3 is 2.89 bits per heavy atom. The molecular weight excluding hydrogens is 266 g/mol. The third-order valence-corrected chi connectivity index (χ3v) is 4.34. The van der Waals surface area contributed by atoms with Gasteiger partial charge in [-0.1, -0.05) is 0 Å². The van der Waals surface area contributed by atoms with Gasteiger partial charge in [0.2, 0.25) is 11.8 Å². The minimum absolute atomic E-state index is 0.0772. The van der Waals surface area contributed by atoms with Gasteiger partial charge in [0.15, 0.2) is 0 Å². The molecule has 0 amide bonds. The molecule has 1 heterocycles. The second-order valence-electron chi connectivity index (χ2n) is 4.45. The Bertz CT molecular complexity index is 470. The highest BCUT2D eigenvalue weighted by molar-refractivity contribution is 7.99. The monoisotopic (exact) mass is 283 g/mol. The number of thioether (sulfide) groups is 1.